The lowest BCUT2D eigenvalue weighted by Crippen LogP contribution is -2.48. The Hall–Kier alpha value is -0.620. The Labute approximate surface area is 129 Å². The van der Waals surface area contributed by atoms with Gasteiger partial charge in [0.25, 0.3) is 0 Å². The number of halogens is 1. The van der Waals surface area contributed by atoms with Crippen LogP contribution in [0.1, 0.15) is 25.0 Å². The third-order valence-corrected chi connectivity index (χ3v) is 4.26. The molecule has 0 radical (unpaired) electrons. The fourth-order valence-electron chi connectivity index (χ4n) is 2.91. The van der Waals surface area contributed by atoms with E-state index in [1.807, 2.05) is 0 Å². The molecule has 1 aliphatic heterocycles. The zero-order valence-corrected chi connectivity index (χ0v) is 13.9. The van der Waals surface area contributed by atoms with Crippen LogP contribution in [0.2, 0.25) is 0 Å². The Bertz CT molecular complexity index is 465. The molecule has 0 bridgehead atoms. The van der Waals surface area contributed by atoms with Crippen LogP contribution in [0.15, 0.2) is 16.6 Å². The Morgan fingerprint density at radius 1 is 1.45 bits per heavy atom. The quantitative estimate of drug-likeness (QED) is 0.615. The van der Waals surface area contributed by atoms with Gasteiger partial charge in [-0.25, -0.2) is 0 Å². The van der Waals surface area contributed by atoms with Crippen molar-refractivity contribution in [3.8, 4) is 5.75 Å². The molecular weight excluding hydrogens is 320 g/mol. The van der Waals surface area contributed by atoms with Crippen LogP contribution in [-0.2, 0) is 17.6 Å². The van der Waals surface area contributed by atoms with Crippen molar-refractivity contribution in [1.29, 1.82) is 0 Å². The highest BCUT2D eigenvalue weighted by Gasteiger charge is 2.26. The number of nitrogens with one attached hydrogen (secondary N) is 1. The van der Waals surface area contributed by atoms with Gasteiger partial charge in [-0.1, -0.05) is 29.8 Å². The van der Waals surface area contributed by atoms with E-state index in [9.17, 15) is 0 Å². The van der Waals surface area contributed by atoms with E-state index in [2.05, 4.69) is 47.3 Å². The third kappa shape index (κ3) is 3.34. The van der Waals surface area contributed by atoms with Crippen LogP contribution in [0.3, 0.4) is 0 Å². The summed E-state index contributed by atoms with van der Waals surface area (Å²) in [7, 11) is 1.73. The van der Waals surface area contributed by atoms with Gasteiger partial charge in [-0.2, -0.15) is 0 Å². The van der Waals surface area contributed by atoms with E-state index in [1.165, 1.54) is 11.1 Å². The van der Waals surface area contributed by atoms with Crippen molar-refractivity contribution in [2.75, 3.05) is 13.7 Å². The van der Waals surface area contributed by atoms with Gasteiger partial charge in [-0.05, 0) is 35.6 Å². The molecule has 2 atom stereocenters. The molecular formula is C15H23BrN2O2. The number of benzene rings is 1. The fourth-order valence-corrected chi connectivity index (χ4v) is 3.46. The maximum absolute atomic E-state index is 5.77. The average molecular weight is 343 g/mol. The van der Waals surface area contributed by atoms with Gasteiger partial charge in [0, 0.05) is 18.0 Å². The first kappa shape index (κ1) is 15.8. The van der Waals surface area contributed by atoms with Crippen LogP contribution < -0.4 is 16.0 Å². The topological polar surface area (TPSA) is 56.5 Å². The summed E-state index contributed by atoms with van der Waals surface area (Å²) in [5, 5.41) is 0. The number of hydrazine groups is 1. The Kier molecular flexibility index (Phi) is 5.43. The van der Waals surface area contributed by atoms with Crippen molar-refractivity contribution < 1.29 is 9.47 Å². The molecule has 0 saturated heterocycles. The van der Waals surface area contributed by atoms with Crippen molar-refractivity contribution in [1.82, 2.24) is 5.43 Å². The molecule has 5 heteroatoms. The van der Waals surface area contributed by atoms with Crippen LogP contribution in [0, 0.1) is 5.92 Å². The predicted molar refractivity (Wildman–Crippen MR) is 83.8 cm³/mol. The summed E-state index contributed by atoms with van der Waals surface area (Å²) in [5.41, 5.74) is 5.34. The largest absolute Gasteiger partial charge is 0.493 e. The SMILES string of the molecule is COC(C(C)C)C(Cc1cc(Br)cc2c1OCC2)NN. The molecule has 1 heterocycles. The Morgan fingerprint density at radius 3 is 2.80 bits per heavy atom. The normalized spacial score (nSPS) is 16.9. The molecule has 1 aliphatic rings. The van der Waals surface area contributed by atoms with Crippen molar-refractivity contribution in [2.24, 2.45) is 11.8 Å². The Morgan fingerprint density at radius 2 is 2.20 bits per heavy atom. The first-order valence-corrected chi connectivity index (χ1v) is 7.79. The molecule has 4 nitrogen and oxygen atoms in total. The van der Waals surface area contributed by atoms with Gasteiger partial charge in [0.05, 0.1) is 18.8 Å². The molecule has 1 aromatic rings. The monoisotopic (exact) mass is 342 g/mol. The van der Waals surface area contributed by atoms with E-state index in [0.717, 1.165) is 29.7 Å². The Balaban J connectivity index is 2.24. The molecule has 2 unspecified atom stereocenters. The minimum absolute atomic E-state index is 0.0580. The van der Waals surface area contributed by atoms with Crippen LogP contribution in [-0.4, -0.2) is 25.9 Å². The molecule has 2 rings (SSSR count). The van der Waals surface area contributed by atoms with Crippen LogP contribution >= 0.6 is 15.9 Å². The second-order valence-corrected chi connectivity index (χ2v) is 6.49. The summed E-state index contributed by atoms with van der Waals surface area (Å²) >= 11 is 3.57. The number of fused-ring (bicyclic) bond motifs is 1. The van der Waals surface area contributed by atoms with Gasteiger partial charge in [0.15, 0.2) is 0 Å². The van der Waals surface area contributed by atoms with E-state index >= 15 is 0 Å². The van der Waals surface area contributed by atoms with Gasteiger partial charge in [0.2, 0.25) is 0 Å². The summed E-state index contributed by atoms with van der Waals surface area (Å²) in [6.45, 7) is 5.04. The summed E-state index contributed by atoms with van der Waals surface area (Å²) in [5.74, 6) is 7.15. The first-order chi connectivity index (χ1) is 9.56. The second kappa shape index (κ2) is 6.89. The summed E-state index contributed by atoms with van der Waals surface area (Å²) in [6, 6.07) is 4.30. The molecule has 0 fully saturated rings. The van der Waals surface area contributed by atoms with Crippen molar-refractivity contribution in [2.45, 2.75) is 38.8 Å². The third-order valence-electron chi connectivity index (χ3n) is 3.81. The van der Waals surface area contributed by atoms with Crippen LogP contribution in [0.4, 0.5) is 0 Å². The van der Waals surface area contributed by atoms with E-state index in [4.69, 9.17) is 15.3 Å². The maximum Gasteiger partial charge on any atom is 0.125 e. The molecule has 20 heavy (non-hydrogen) atoms. The van der Waals surface area contributed by atoms with Gasteiger partial charge < -0.3 is 9.47 Å². The first-order valence-electron chi connectivity index (χ1n) is 6.99. The lowest BCUT2D eigenvalue weighted by atomic mass is 9.93. The molecule has 3 N–H and O–H groups in total. The molecule has 0 aromatic heterocycles. The highest BCUT2D eigenvalue weighted by atomic mass is 79.9. The lowest BCUT2D eigenvalue weighted by molar-refractivity contribution is 0.0331. The zero-order valence-electron chi connectivity index (χ0n) is 12.3. The fraction of sp³-hybridized carbons (Fsp3) is 0.600. The van der Waals surface area contributed by atoms with Crippen molar-refractivity contribution in [3.63, 3.8) is 0 Å². The van der Waals surface area contributed by atoms with Gasteiger partial charge in [0.1, 0.15) is 5.75 Å². The molecule has 0 saturated carbocycles. The van der Waals surface area contributed by atoms with E-state index in [1.54, 1.807) is 7.11 Å². The highest BCUT2D eigenvalue weighted by molar-refractivity contribution is 9.10. The molecule has 0 amide bonds. The number of nitrogens with two attached hydrogens (primary N) is 1. The predicted octanol–water partition coefficient (Wildman–Crippen LogP) is 2.43. The molecule has 112 valence electrons. The number of ether oxygens (including phenoxy) is 2. The average Bonchev–Trinajstić information content (AvgIpc) is 2.85. The number of methoxy groups -OCH3 is 1. The zero-order chi connectivity index (χ0) is 14.7. The van der Waals surface area contributed by atoms with Gasteiger partial charge >= 0.3 is 0 Å². The molecule has 0 spiro atoms. The lowest BCUT2D eigenvalue weighted by Gasteiger charge is -2.29. The minimum Gasteiger partial charge on any atom is -0.493 e. The van der Waals surface area contributed by atoms with Crippen LogP contribution in [0.25, 0.3) is 0 Å². The van der Waals surface area contributed by atoms with E-state index < -0.39 is 0 Å². The summed E-state index contributed by atoms with van der Waals surface area (Å²) in [4.78, 5) is 0. The summed E-state index contributed by atoms with van der Waals surface area (Å²) in [6.07, 6.45) is 1.83. The highest BCUT2D eigenvalue weighted by Crippen LogP contribution is 2.34. The van der Waals surface area contributed by atoms with Gasteiger partial charge in [-0.3, -0.25) is 11.3 Å². The van der Waals surface area contributed by atoms with Crippen molar-refractivity contribution in [3.05, 3.63) is 27.7 Å². The minimum atomic E-state index is 0.0580. The van der Waals surface area contributed by atoms with Crippen molar-refractivity contribution >= 4 is 15.9 Å². The maximum atomic E-state index is 5.77. The summed E-state index contributed by atoms with van der Waals surface area (Å²) < 4.78 is 12.5. The van der Waals surface area contributed by atoms with Crippen LogP contribution in [0.5, 0.6) is 5.75 Å². The van der Waals surface area contributed by atoms with Gasteiger partial charge in [-0.15, -0.1) is 0 Å². The van der Waals surface area contributed by atoms with E-state index in [-0.39, 0.29) is 12.1 Å². The number of rotatable bonds is 6. The number of hydrogen-bond donors (Lipinski definition) is 2. The molecule has 0 aliphatic carbocycles. The number of hydrogen-bond acceptors (Lipinski definition) is 4. The van der Waals surface area contributed by atoms with E-state index in [0.29, 0.717) is 5.92 Å². The second-order valence-electron chi connectivity index (χ2n) is 5.57. The smallest absolute Gasteiger partial charge is 0.125 e. The standard InChI is InChI=1S/C15H23BrN2O2/c1-9(2)14(19-3)13(18-17)8-11-7-12(16)6-10-4-5-20-15(10)11/h6-7,9,13-14,18H,4-5,8,17H2,1-3H3. The molecule has 1 aromatic carbocycles.